The molecule has 0 N–H and O–H groups in total. The van der Waals surface area contributed by atoms with Crippen molar-refractivity contribution in [1.29, 1.82) is 0 Å². The number of rotatable bonds is 7. The predicted molar refractivity (Wildman–Crippen MR) is 117 cm³/mol. The van der Waals surface area contributed by atoms with Crippen molar-refractivity contribution in [3.05, 3.63) is 119 Å². The summed E-state index contributed by atoms with van der Waals surface area (Å²) in [6, 6.07) is 20.2. The second-order valence-corrected chi connectivity index (χ2v) is 9.09. The Morgan fingerprint density at radius 2 is 1.42 bits per heavy atom. The molecule has 0 aliphatic heterocycles. The van der Waals surface area contributed by atoms with Crippen molar-refractivity contribution < 1.29 is 31.6 Å². The number of ether oxygens (including phenoxy) is 1. The molecule has 4 aromatic rings. The van der Waals surface area contributed by atoms with Crippen LogP contribution < -0.4 is 4.74 Å². The summed E-state index contributed by atoms with van der Waals surface area (Å²) in [6.07, 6.45) is 1.22. The smallest absolute Gasteiger partial charge is 0.379 e. The van der Waals surface area contributed by atoms with Crippen LogP contribution in [0.1, 0.15) is 32.0 Å². The largest absolute Gasteiger partial charge is 0.457 e. The molecule has 0 saturated heterocycles. The lowest BCUT2D eigenvalue weighted by Crippen LogP contribution is -2.12. The van der Waals surface area contributed by atoms with Crippen LogP contribution in [0, 0.1) is 5.82 Å². The van der Waals surface area contributed by atoms with Crippen molar-refractivity contribution in [2.24, 2.45) is 0 Å². The molecule has 0 aliphatic rings. The molecule has 1 heterocycles. The molecule has 0 unspecified atom stereocenters. The van der Waals surface area contributed by atoms with Gasteiger partial charge in [0.15, 0.2) is 15.6 Å². The predicted octanol–water partition coefficient (Wildman–Crippen LogP) is 4.84. The molecule has 0 amide bonds. The number of ketones is 1. The highest BCUT2D eigenvalue weighted by atomic mass is 32.2. The number of halogens is 1. The van der Waals surface area contributed by atoms with E-state index in [9.17, 15) is 22.4 Å². The first-order valence-corrected chi connectivity index (χ1v) is 11.5. The third-order valence-electron chi connectivity index (χ3n) is 4.81. The molecule has 0 radical (unpaired) electrons. The Bertz CT molecular complexity index is 1390. The molecule has 0 bridgehead atoms. The van der Waals surface area contributed by atoms with Crippen molar-refractivity contribution >= 4 is 21.6 Å². The van der Waals surface area contributed by atoms with Crippen LogP contribution in [0.3, 0.4) is 0 Å². The summed E-state index contributed by atoms with van der Waals surface area (Å²) in [5.74, 6) is -2.13. The van der Waals surface area contributed by atoms with Crippen LogP contribution in [0.2, 0.25) is 0 Å². The average molecular weight is 464 g/mol. The number of carbonyl (C=O) groups is 2. The van der Waals surface area contributed by atoms with Gasteiger partial charge in [-0.1, -0.05) is 18.2 Å². The first-order valence-electron chi connectivity index (χ1n) is 9.80. The molecule has 6 nitrogen and oxygen atoms in total. The summed E-state index contributed by atoms with van der Waals surface area (Å²) in [4.78, 5) is 25.2. The van der Waals surface area contributed by atoms with Gasteiger partial charge in [-0.3, -0.25) is 4.79 Å². The second kappa shape index (κ2) is 9.22. The first-order chi connectivity index (χ1) is 15.8. The molecule has 0 fully saturated rings. The summed E-state index contributed by atoms with van der Waals surface area (Å²) in [7, 11) is -3.69. The normalized spacial score (nSPS) is 11.2. The zero-order valence-electron chi connectivity index (χ0n) is 17.1. The molecule has 0 saturated carbocycles. The lowest BCUT2D eigenvalue weighted by atomic mass is 10.0. The number of hydrogen-bond acceptors (Lipinski definition) is 6. The van der Waals surface area contributed by atoms with E-state index in [-0.39, 0.29) is 27.8 Å². The van der Waals surface area contributed by atoms with Crippen LogP contribution in [0.25, 0.3) is 0 Å². The third kappa shape index (κ3) is 5.07. The summed E-state index contributed by atoms with van der Waals surface area (Å²) in [5, 5.41) is 0. The minimum absolute atomic E-state index is 0.131. The van der Waals surface area contributed by atoms with Crippen LogP contribution in [-0.4, -0.2) is 20.2 Å². The molecule has 0 spiro atoms. The van der Waals surface area contributed by atoms with Crippen molar-refractivity contribution in [3.8, 4) is 5.75 Å². The van der Waals surface area contributed by atoms with Gasteiger partial charge in [-0.2, -0.15) is 0 Å². The molecule has 1 aromatic heterocycles. The molecular weight excluding hydrogens is 447 g/mol. The van der Waals surface area contributed by atoms with E-state index in [0.29, 0.717) is 11.1 Å². The number of sulfone groups is 1. The lowest BCUT2D eigenvalue weighted by Gasteiger charge is -2.07. The van der Waals surface area contributed by atoms with Crippen molar-refractivity contribution in [1.82, 2.24) is 0 Å². The molecule has 0 aliphatic carbocycles. The molecule has 8 heteroatoms. The number of furan rings is 1. The molecule has 4 rings (SSSR count). The zero-order chi connectivity index (χ0) is 23.4. The van der Waals surface area contributed by atoms with E-state index in [2.05, 4.69) is 0 Å². The van der Waals surface area contributed by atoms with Crippen molar-refractivity contribution in [2.75, 3.05) is 0 Å². The van der Waals surface area contributed by atoms with Crippen LogP contribution in [0.5, 0.6) is 5.75 Å². The van der Waals surface area contributed by atoms with E-state index in [0.717, 1.165) is 0 Å². The van der Waals surface area contributed by atoms with E-state index < -0.39 is 27.4 Å². The topological polar surface area (TPSA) is 90.7 Å². The Morgan fingerprint density at radius 1 is 0.818 bits per heavy atom. The van der Waals surface area contributed by atoms with E-state index >= 15 is 0 Å². The van der Waals surface area contributed by atoms with E-state index in [1.807, 2.05) is 0 Å². The van der Waals surface area contributed by atoms with Gasteiger partial charge in [0.25, 0.3) is 0 Å². The molecule has 166 valence electrons. The monoisotopic (exact) mass is 464 g/mol. The fourth-order valence-corrected chi connectivity index (χ4v) is 4.52. The van der Waals surface area contributed by atoms with Gasteiger partial charge in [-0.15, -0.1) is 0 Å². The van der Waals surface area contributed by atoms with Crippen LogP contribution in [0.15, 0.2) is 101 Å². The summed E-state index contributed by atoms with van der Waals surface area (Å²) >= 11 is 0. The number of esters is 1. The van der Waals surface area contributed by atoms with Gasteiger partial charge in [0, 0.05) is 16.7 Å². The highest BCUT2D eigenvalue weighted by molar-refractivity contribution is 7.90. The SMILES string of the molecule is O=C(c1ccc(F)cc1)c1ccc(OC(=O)c2occc2CS(=O)(=O)c2ccccc2)cc1. The maximum atomic E-state index is 13.0. The summed E-state index contributed by atoms with van der Waals surface area (Å²) in [5.41, 5.74) is 0.821. The summed E-state index contributed by atoms with van der Waals surface area (Å²) in [6.45, 7) is 0. The Balaban J connectivity index is 1.47. The van der Waals surface area contributed by atoms with Gasteiger partial charge < -0.3 is 9.15 Å². The third-order valence-corrected chi connectivity index (χ3v) is 6.49. The minimum Gasteiger partial charge on any atom is -0.457 e. The molecular formula is C25H17FO6S. The molecule has 33 heavy (non-hydrogen) atoms. The van der Waals surface area contributed by atoms with Gasteiger partial charge in [0.05, 0.1) is 16.9 Å². The number of carbonyl (C=O) groups excluding carboxylic acids is 2. The van der Waals surface area contributed by atoms with Crippen molar-refractivity contribution in [2.45, 2.75) is 10.6 Å². The van der Waals surface area contributed by atoms with E-state index in [1.54, 1.807) is 18.2 Å². The minimum atomic E-state index is -3.69. The van der Waals surface area contributed by atoms with Gasteiger partial charge in [-0.25, -0.2) is 17.6 Å². The van der Waals surface area contributed by atoms with Gasteiger partial charge in [0.2, 0.25) is 5.76 Å². The maximum absolute atomic E-state index is 13.0. The van der Waals surface area contributed by atoms with Gasteiger partial charge >= 0.3 is 5.97 Å². The van der Waals surface area contributed by atoms with Crippen LogP contribution in [-0.2, 0) is 15.6 Å². The van der Waals surface area contributed by atoms with Crippen LogP contribution in [0.4, 0.5) is 4.39 Å². The fraction of sp³-hybridized carbons (Fsp3) is 0.0400. The van der Waals surface area contributed by atoms with Crippen molar-refractivity contribution in [3.63, 3.8) is 0 Å². The van der Waals surface area contributed by atoms with Crippen LogP contribution >= 0.6 is 0 Å². The Morgan fingerprint density at radius 3 is 2.06 bits per heavy atom. The molecule has 0 atom stereocenters. The zero-order valence-corrected chi connectivity index (χ0v) is 17.9. The second-order valence-electron chi connectivity index (χ2n) is 7.10. The highest BCUT2D eigenvalue weighted by Crippen LogP contribution is 2.22. The van der Waals surface area contributed by atoms with Gasteiger partial charge in [0.1, 0.15) is 11.6 Å². The number of benzene rings is 3. The highest BCUT2D eigenvalue weighted by Gasteiger charge is 2.24. The summed E-state index contributed by atoms with van der Waals surface area (Å²) < 4.78 is 48.8. The Hall–Kier alpha value is -4.04. The quantitative estimate of drug-likeness (QED) is 0.221. The molecule has 3 aromatic carbocycles. The average Bonchev–Trinajstić information content (AvgIpc) is 3.28. The fourth-order valence-electron chi connectivity index (χ4n) is 3.14. The standard InChI is InChI=1S/C25H17FO6S/c26-20-10-6-17(7-11-20)23(27)18-8-12-21(13-9-18)32-25(28)24-19(14-15-31-24)16-33(29,30)22-4-2-1-3-5-22/h1-15H,16H2. The maximum Gasteiger partial charge on any atom is 0.379 e. The first kappa shape index (κ1) is 22.2. The number of hydrogen-bond donors (Lipinski definition) is 0. The Kier molecular flexibility index (Phi) is 6.19. The van der Waals surface area contributed by atoms with E-state index in [4.69, 9.17) is 9.15 Å². The van der Waals surface area contributed by atoms with Gasteiger partial charge in [-0.05, 0) is 66.7 Å². The lowest BCUT2D eigenvalue weighted by molar-refractivity contribution is 0.0700. The Labute approximate surface area is 189 Å². The van der Waals surface area contributed by atoms with E-state index in [1.165, 1.54) is 73.0 Å².